The molecule has 3 heterocycles. The molecule has 180 valence electrons. The van der Waals surface area contributed by atoms with E-state index < -0.39 is 0 Å². The van der Waals surface area contributed by atoms with Crippen molar-refractivity contribution in [3.63, 3.8) is 0 Å². The van der Waals surface area contributed by atoms with Gasteiger partial charge >= 0.3 is 6.09 Å². The number of cyclic esters (lactones) is 1. The molecule has 1 atom stereocenters. The molecule has 3 aliphatic heterocycles. The van der Waals surface area contributed by atoms with Gasteiger partial charge in [-0.2, -0.15) is 0 Å². The summed E-state index contributed by atoms with van der Waals surface area (Å²) in [6.07, 6.45) is 0.595. The van der Waals surface area contributed by atoms with Crippen molar-refractivity contribution in [2.45, 2.75) is 19.4 Å². The standard InChI is InChI=1S/C24H28FN3O3.2ClH/c1-17-2-4-22-18(14-17)15-21(20-16-19(25)3-5-23(20)31-22)27-9-6-26(7-10-27)8-11-28-12-13-30-24(28)29;;/h2-5,14,16,21H,6-13,15H2,1H3;2*1H. The SMILES string of the molecule is Cc1ccc2c(c1)CC(N1CCN(CCN3CCOC3=O)CC1)c1cc(F)ccc1O2.Cl.Cl. The van der Waals surface area contributed by atoms with Gasteiger partial charge in [-0.05, 0) is 43.2 Å². The van der Waals surface area contributed by atoms with Crippen molar-refractivity contribution < 1.29 is 18.7 Å². The second kappa shape index (κ2) is 10.9. The van der Waals surface area contributed by atoms with E-state index in [1.165, 1.54) is 11.6 Å². The Bertz CT molecular complexity index is 985. The summed E-state index contributed by atoms with van der Waals surface area (Å²) in [7, 11) is 0. The molecule has 0 aliphatic carbocycles. The van der Waals surface area contributed by atoms with Gasteiger partial charge in [-0.15, -0.1) is 24.8 Å². The second-order valence-corrected chi connectivity index (χ2v) is 8.59. The zero-order chi connectivity index (χ0) is 21.4. The summed E-state index contributed by atoms with van der Waals surface area (Å²) in [6, 6.07) is 11.2. The number of carbonyl (C=O) groups is 1. The first-order valence-corrected chi connectivity index (χ1v) is 11.0. The fourth-order valence-electron chi connectivity index (χ4n) is 4.79. The summed E-state index contributed by atoms with van der Waals surface area (Å²) in [6.45, 7) is 8.45. The van der Waals surface area contributed by atoms with Crippen LogP contribution in [0.3, 0.4) is 0 Å². The number of aryl methyl sites for hydroxylation is 1. The molecule has 5 rings (SSSR count). The summed E-state index contributed by atoms with van der Waals surface area (Å²) >= 11 is 0. The molecule has 2 aromatic carbocycles. The van der Waals surface area contributed by atoms with E-state index in [2.05, 4.69) is 28.9 Å². The third-order valence-corrected chi connectivity index (χ3v) is 6.56. The first kappa shape index (κ1) is 25.6. The van der Waals surface area contributed by atoms with Gasteiger partial charge in [-0.3, -0.25) is 9.80 Å². The maximum atomic E-state index is 14.2. The number of benzene rings is 2. The zero-order valence-corrected chi connectivity index (χ0v) is 20.3. The number of rotatable bonds is 4. The first-order chi connectivity index (χ1) is 15.1. The van der Waals surface area contributed by atoms with Gasteiger partial charge in [-0.25, -0.2) is 9.18 Å². The highest BCUT2D eigenvalue weighted by molar-refractivity contribution is 5.85. The number of amides is 1. The number of piperazine rings is 1. The molecule has 6 nitrogen and oxygen atoms in total. The molecule has 0 spiro atoms. The van der Waals surface area contributed by atoms with Crippen molar-refractivity contribution in [2.24, 2.45) is 0 Å². The van der Waals surface area contributed by atoms with Gasteiger partial charge in [0.2, 0.25) is 0 Å². The molecule has 1 unspecified atom stereocenters. The van der Waals surface area contributed by atoms with Gasteiger partial charge in [0.15, 0.2) is 0 Å². The van der Waals surface area contributed by atoms with Crippen molar-refractivity contribution in [3.8, 4) is 11.5 Å². The number of nitrogens with zero attached hydrogens (tertiary/aromatic N) is 3. The summed E-state index contributed by atoms with van der Waals surface area (Å²) in [5.74, 6) is 1.37. The minimum Gasteiger partial charge on any atom is -0.457 e. The van der Waals surface area contributed by atoms with E-state index in [4.69, 9.17) is 9.47 Å². The van der Waals surface area contributed by atoms with Crippen LogP contribution in [0.25, 0.3) is 0 Å². The van der Waals surface area contributed by atoms with Crippen LogP contribution >= 0.6 is 24.8 Å². The highest BCUT2D eigenvalue weighted by Crippen LogP contribution is 2.41. The largest absolute Gasteiger partial charge is 0.457 e. The van der Waals surface area contributed by atoms with E-state index in [9.17, 15) is 9.18 Å². The average Bonchev–Trinajstić information content (AvgIpc) is 3.11. The molecule has 2 aromatic rings. The van der Waals surface area contributed by atoms with Gasteiger partial charge in [0.25, 0.3) is 0 Å². The molecular weight excluding hydrogens is 468 g/mol. The van der Waals surface area contributed by atoms with Crippen LogP contribution < -0.4 is 4.74 Å². The Morgan fingerprint density at radius 3 is 2.45 bits per heavy atom. The van der Waals surface area contributed by atoms with Crippen molar-refractivity contribution in [3.05, 3.63) is 58.9 Å². The predicted molar refractivity (Wildman–Crippen MR) is 130 cm³/mol. The first-order valence-electron chi connectivity index (χ1n) is 11.0. The topological polar surface area (TPSA) is 45.2 Å². The van der Waals surface area contributed by atoms with Crippen LogP contribution in [0.2, 0.25) is 0 Å². The number of hydrogen-bond acceptors (Lipinski definition) is 5. The lowest BCUT2D eigenvalue weighted by Gasteiger charge is -2.39. The molecule has 2 fully saturated rings. The van der Waals surface area contributed by atoms with Crippen LogP contribution in [0.4, 0.5) is 9.18 Å². The van der Waals surface area contributed by atoms with Crippen molar-refractivity contribution in [1.82, 2.24) is 14.7 Å². The number of hydrogen-bond donors (Lipinski definition) is 0. The molecule has 33 heavy (non-hydrogen) atoms. The maximum Gasteiger partial charge on any atom is 0.409 e. The molecule has 0 bridgehead atoms. The Balaban J connectivity index is 0.00000153. The van der Waals surface area contributed by atoms with Gasteiger partial charge < -0.3 is 14.4 Å². The predicted octanol–water partition coefficient (Wildman–Crippen LogP) is 4.44. The highest BCUT2D eigenvalue weighted by Gasteiger charge is 2.31. The zero-order valence-electron chi connectivity index (χ0n) is 18.7. The molecule has 3 aliphatic rings. The summed E-state index contributed by atoms with van der Waals surface area (Å²) in [5.41, 5.74) is 3.28. The molecule has 9 heteroatoms. The molecule has 0 aromatic heterocycles. The van der Waals surface area contributed by atoms with Crippen LogP contribution in [-0.4, -0.2) is 73.2 Å². The number of ether oxygens (including phenoxy) is 2. The molecule has 2 saturated heterocycles. The van der Waals surface area contributed by atoms with Crippen LogP contribution in [-0.2, 0) is 11.2 Å². The third kappa shape index (κ3) is 5.54. The van der Waals surface area contributed by atoms with Crippen LogP contribution in [0.1, 0.15) is 22.7 Å². The van der Waals surface area contributed by atoms with Crippen LogP contribution in [0.5, 0.6) is 11.5 Å². The third-order valence-electron chi connectivity index (χ3n) is 6.56. The Morgan fingerprint density at radius 1 is 0.970 bits per heavy atom. The lowest BCUT2D eigenvalue weighted by atomic mass is 9.95. The quantitative estimate of drug-likeness (QED) is 0.624. The van der Waals surface area contributed by atoms with Crippen molar-refractivity contribution >= 4 is 30.9 Å². The minimum absolute atomic E-state index is 0. The van der Waals surface area contributed by atoms with Crippen molar-refractivity contribution in [2.75, 3.05) is 52.4 Å². The second-order valence-electron chi connectivity index (χ2n) is 8.59. The monoisotopic (exact) mass is 497 g/mol. The molecule has 0 radical (unpaired) electrons. The summed E-state index contributed by atoms with van der Waals surface area (Å²) < 4.78 is 25.4. The molecule has 0 N–H and O–H groups in total. The van der Waals surface area contributed by atoms with E-state index in [1.54, 1.807) is 17.0 Å². The summed E-state index contributed by atoms with van der Waals surface area (Å²) in [5, 5.41) is 0. The highest BCUT2D eigenvalue weighted by atomic mass is 35.5. The van der Waals surface area contributed by atoms with E-state index in [0.29, 0.717) is 19.7 Å². The van der Waals surface area contributed by atoms with Crippen LogP contribution in [0.15, 0.2) is 36.4 Å². The summed E-state index contributed by atoms with van der Waals surface area (Å²) in [4.78, 5) is 18.2. The smallest absolute Gasteiger partial charge is 0.409 e. The minimum atomic E-state index is -0.231. The Hall–Kier alpha value is -2.06. The van der Waals surface area contributed by atoms with E-state index >= 15 is 0 Å². The van der Waals surface area contributed by atoms with E-state index in [0.717, 1.165) is 61.8 Å². The lowest BCUT2D eigenvalue weighted by Crippen LogP contribution is -2.49. The Kier molecular flexibility index (Phi) is 8.45. The van der Waals surface area contributed by atoms with Crippen molar-refractivity contribution in [1.29, 1.82) is 0 Å². The van der Waals surface area contributed by atoms with Gasteiger partial charge in [-0.1, -0.05) is 17.7 Å². The Morgan fingerprint density at radius 2 is 1.73 bits per heavy atom. The number of fused-ring (bicyclic) bond motifs is 2. The van der Waals surface area contributed by atoms with E-state index in [1.807, 2.05) is 6.07 Å². The van der Waals surface area contributed by atoms with Gasteiger partial charge in [0.05, 0.1) is 6.54 Å². The lowest BCUT2D eigenvalue weighted by molar-refractivity contribution is 0.0897. The molecular formula is C24H30Cl2FN3O3. The molecule has 0 saturated carbocycles. The van der Waals surface area contributed by atoms with Crippen LogP contribution in [0, 0.1) is 12.7 Å². The van der Waals surface area contributed by atoms with E-state index in [-0.39, 0.29) is 42.8 Å². The number of halogens is 3. The Labute approximate surface area is 206 Å². The fraction of sp³-hybridized carbons (Fsp3) is 0.458. The average molecular weight is 498 g/mol. The maximum absolute atomic E-state index is 14.2. The van der Waals surface area contributed by atoms with Gasteiger partial charge in [0.1, 0.15) is 23.9 Å². The fourth-order valence-corrected chi connectivity index (χ4v) is 4.79. The molecule has 1 amide bonds. The number of carbonyl (C=O) groups excluding carboxylic acids is 1. The normalized spacial score (nSPS) is 20.5. The van der Waals surface area contributed by atoms with Gasteiger partial charge in [0, 0.05) is 50.9 Å².